The van der Waals surface area contributed by atoms with Crippen LogP contribution in [-0.4, -0.2) is 19.2 Å². The summed E-state index contributed by atoms with van der Waals surface area (Å²) in [6.45, 7) is 0.865. The number of hydrogen-bond acceptors (Lipinski definition) is 4. The van der Waals surface area contributed by atoms with Crippen molar-refractivity contribution >= 4 is 11.7 Å². The Bertz CT molecular complexity index is 402. The summed E-state index contributed by atoms with van der Waals surface area (Å²) in [5.74, 6) is 1.00. The van der Waals surface area contributed by atoms with Crippen molar-refractivity contribution in [2.75, 3.05) is 18.9 Å². The third-order valence-corrected chi connectivity index (χ3v) is 3.19. The fourth-order valence-corrected chi connectivity index (χ4v) is 1.80. The highest BCUT2D eigenvalue weighted by molar-refractivity contribution is 5.69. The second-order valence-corrected chi connectivity index (χ2v) is 4.62. The van der Waals surface area contributed by atoms with E-state index in [1.54, 1.807) is 12.1 Å². The van der Waals surface area contributed by atoms with Crippen molar-refractivity contribution in [2.24, 2.45) is 5.92 Å². The third-order valence-electron chi connectivity index (χ3n) is 3.19. The summed E-state index contributed by atoms with van der Waals surface area (Å²) in [6.07, 6.45) is 3.90. The van der Waals surface area contributed by atoms with Crippen LogP contribution in [-0.2, 0) is 9.53 Å². The molecular weight excluding hydrogens is 230 g/mol. The van der Waals surface area contributed by atoms with Crippen molar-refractivity contribution in [2.45, 2.75) is 25.7 Å². The van der Waals surface area contributed by atoms with E-state index in [1.807, 2.05) is 12.1 Å². The van der Waals surface area contributed by atoms with Crippen LogP contribution in [0.1, 0.15) is 25.7 Å². The summed E-state index contributed by atoms with van der Waals surface area (Å²) >= 11 is 0. The number of benzene rings is 1. The van der Waals surface area contributed by atoms with Crippen LogP contribution in [0.15, 0.2) is 24.3 Å². The van der Waals surface area contributed by atoms with Crippen molar-refractivity contribution in [1.29, 1.82) is 0 Å². The van der Waals surface area contributed by atoms with E-state index in [2.05, 4.69) is 0 Å². The van der Waals surface area contributed by atoms with Gasteiger partial charge in [-0.2, -0.15) is 0 Å². The number of para-hydroxylation sites is 2. The van der Waals surface area contributed by atoms with Crippen LogP contribution in [0.25, 0.3) is 0 Å². The fraction of sp³-hybridized carbons (Fsp3) is 0.500. The summed E-state index contributed by atoms with van der Waals surface area (Å²) in [6, 6.07) is 7.25. The van der Waals surface area contributed by atoms with Crippen LogP contribution in [0, 0.1) is 5.92 Å². The lowest BCUT2D eigenvalue weighted by atomic mass is 9.86. The van der Waals surface area contributed by atoms with Gasteiger partial charge in [-0.05, 0) is 30.9 Å². The first-order chi connectivity index (χ1) is 8.75. The number of nitrogens with two attached hydrogens (primary N) is 1. The lowest BCUT2D eigenvalue weighted by Crippen LogP contribution is -2.21. The van der Waals surface area contributed by atoms with Gasteiger partial charge in [0.2, 0.25) is 0 Å². The largest absolute Gasteiger partial charge is 0.491 e. The van der Waals surface area contributed by atoms with Crippen LogP contribution >= 0.6 is 0 Å². The summed E-state index contributed by atoms with van der Waals surface area (Å²) in [7, 11) is 0. The van der Waals surface area contributed by atoms with Crippen molar-refractivity contribution in [3.05, 3.63) is 24.3 Å². The highest BCUT2D eigenvalue weighted by atomic mass is 16.5. The number of carbonyl (C=O) groups is 1. The van der Waals surface area contributed by atoms with Gasteiger partial charge in [0, 0.05) is 0 Å². The van der Waals surface area contributed by atoms with E-state index < -0.39 is 0 Å². The zero-order valence-corrected chi connectivity index (χ0v) is 10.4. The molecule has 1 aliphatic rings. The topological polar surface area (TPSA) is 61.5 Å². The summed E-state index contributed by atoms with van der Waals surface area (Å²) in [4.78, 5) is 11.4. The van der Waals surface area contributed by atoms with Crippen molar-refractivity contribution in [1.82, 2.24) is 0 Å². The van der Waals surface area contributed by atoms with Crippen molar-refractivity contribution in [3.63, 3.8) is 0 Å². The van der Waals surface area contributed by atoms with E-state index in [-0.39, 0.29) is 12.4 Å². The van der Waals surface area contributed by atoms with E-state index in [9.17, 15) is 4.79 Å². The summed E-state index contributed by atoms with van der Waals surface area (Å²) in [5.41, 5.74) is 6.30. The molecule has 0 amide bonds. The molecule has 0 aliphatic heterocycles. The monoisotopic (exact) mass is 249 g/mol. The van der Waals surface area contributed by atoms with Gasteiger partial charge in [0.15, 0.2) is 0 Å². The summed E-state index contributed by atoms with van der Waals surface area (Å²) in [5, 5.41) is 0. The van der Waals surface area contributed by atoms with Gasteiger partial charge in [0.25, 0.3) is 0 Å². The number of nitrogen functional groups attached to an aromatic ring is 1. The van der Waals surface area contributed by atoms with Crippen LogP contribution in [0.2, 0.25) is 0 Å². The fourth-order valence-electron chi connectivity index (χ4n) is 1.80. The maximum Gasteiger partial charge on any atom is 0.309 e. The Labute approximate surface area is 107 Å². The van der Waals surface area contributed by atoms with Crippen LogP contribution in [0.3, 0.4) is 0 Å². The third kappa shape index (κ3) is 3.65. The molecule has 0 unspecified atom stereocenters. The van der Waals surface area contributed by atoms with Gasteiger partial charge < -0.3 is 15.2 Å². The minimum Gasteiger partial charge on any atom is -0.491 e. The lowest BCUT2D eigenvalue weighted by molar-refractivity contribution is -0.146. The molecule has 0 spiro atoms. The number of esters is 1. The SMILES string of the molecule is Nc1ccccc1OCCC(=O)OCC1CCC1. The Morgan fingerprint density at radius 1 is 1.33 bits per heavy atom. The number of hydrogen-bond donors (Lipinski definition) is 1. The molecule has 0 radical (unpaired) electrons. The molecule has 1 aliphatic carbocycles. The second kappa shape index (κ2) is 6.28. The highest BCUT2D eigenvalue weighted by Crippen LogP contribution is 2.26. The van der Waals surface area contributed by atoms with E-state index in [1.165, 1.54) is 19.3 Å². The Hall–Kier alpha value is -1.71. The number of rotatable bonds is 6. The molecule has 1 aromatic carbocycles. The van der Waals surface area contributed by atoms with Gasteiger partial charge >= 0.3 is 5.97 Å². The molecule has 4 nitrogen and oxygen atoms in total. The maximum atomic E-state index is 11.4. The Kier molecular flexibility index (Phi) is 4.45. The number of carbonyl (C=O) groups excluding carboxylic acids is 1. The average Bonchev–Trinajstić information content (AvgIpc) is 2.30. The molecule has 1 fully saturated rings. The van der Waals surface area contributed by atoms with Gasteiger partial charge in [-0.3, -0.25) is 4.79 Å². The zero-order valence-electron chi connectivity index (χ0n) is 10.4. The molecule has 0 bridgehead atoms. The van der Waals surface area contributed by atoms with Gasteiger partial charge in [-0.25, -0.2) is 0 Å². The van der Waals surface area contributed by atoms with Crippen LogP contribution in [0.5, 0.6) is 5.75 Å². The Morgan fingerprint density at radius 2 is 2.11 bits per heavy atom. The first-order valence-corrected chi connectivity index (χ1v) is 6.38. The quantitative estimate of drug-likeness (QED) is 0.621. The molecule has 1 aromatic rings. The molecule has 4 heteroatoms. The Balaban J connectivity index is 1.62. The van der Waals surface area contributed by atoms with Crippen molar-refractivity contribution in [3.8, 4) is 5.75 Å². The lowest BCUT2D eigenvalue weighted by Gasteiger charge is -2.24. The average molecular weight is 249 g/mol. The highest BCUT2D eigenvalue weighted by Gasteiger charge is 2.19. The summed E-state index contributed by atoms with van der Waals surface area (Å²) < 4.78 is 10.6. The van der Waals surface area contributed by atoms with Crippen molar-refractivity contribution < 1.29 is 14.3 Å². The first-order valence-electron chi connectivity index (χ1n) is 6.38. The molecule has 2 rings (SSSR count). The van der Waals surface area contributed by atoms with Crippen LogP contribution < -0.4 is 10.5 Å². The normalized spacial score (nSPS) is 14.9. The molecule has 1 saturated carbocycles. The molecular formula is C14H19NO3. The molecule has 0 saturated heterocycles. The second-order valence-electron chi connectivity index (χ2n) is 4.62. The number of ether oxygens (including phenoxy) is 2. The smallest absolute Gasteiger partial charge is 0.309 e. The molecule has 0 heterocycles. The van der Waals surface area contributed by atoms with E-state index in [0.717, 1.165) is 0 Å². The molecule has 2 N–H and O–H groups in total. The van der Waals surface area contributed by atoms with Gasteiger partial charge in [0.1, 0.15) is 5.75 Å². The molecule has 18 heavy (non-hydrogen) atoms. The minimum atomic E-state index is -0.198. The molecule has 0 atom stereocenters. The van der Waals surface area contributed by atoms with Crippen LogP contribution in [0.4, 0.5) is 5.69 Å². The van der Waals surface area contributed by atoms with Gasteiger partial charge in [-0.15, -0.1) is 0 Å². The maximum absolute atomic E-state index is 11.4. The van der Waals surface area contributed by atoms with Gasteiger partial charge in [-0.1, -0.05) is 18.6 Å². The standard InChI is InChI=1S/C14H19NO3/c15-12-6-1-2-7-13(12)17-9-8-14(16)18-10-11-4-3-5-11/h1-2,6-7,11H,3-5,8-10,15H2. The first kappa shape index (κ1) is 12.7. The Morgan fingerprint density at radius 3 is 2.78 bits per heavy atom. The predicted molar refractivity (Wildman–Crippen MR) is 69.3 cm³/mol. The van der Waals surface area contributed by atoms with E-state index in [0.29, 0.717) is 30.6 Å². The minimum absolute atomic E-state index is 0.198. The van der Waals surface area contributed by atoms with E-state index in [4.69, 9.17) is 15.2 Å². The van der Waals surface area contributed by atoms with E-state index >= 15 is 0 Å². The van der Waals surface area contributed by atoms with Gasteiger partial charge in [0.05, 0.1) is 25.3 Å². The molecule has 98 valence electrons. The molecule has 0 aromatic heterocycles. The predicted octanol–water partition coefficient (Wildman–Crippen LogP) is 2.38. The zero-order chi connectivity index (χ0) is 12.8. The number of anilines is 1.